The molecular formula is C35H41N5O5. The Kier molecular flexibility index (Phi) is 11.1. The molecule has 1 aliphatic rings. The van der Waals surface area contributed by atoms with Gasteiger partial charge in [-0.05, 0) is 54.5 Å². The largest absolute Gasteiger partial charge is 0.368 e. The van der Waals surface area contributed by atoms with E-state index in [9.17, 15) is 24.0 Å². The fourth-order valence-corrected chi connectivity index (χ4v) is 5.47. The number of likely N-dealkylation sites (tertiary alicyclic amines) is 1. The molecule has 0 radical (unpaired) electrons. The molecule has 1 saturated heterocycles. The summed E-state index contributed by atoms with van der Waals surface area (Å²) in [6.07, 6.45) is 1.33. The second-order valence-corrected chi connectivity index (χ2v) is 11.7. The molecular weight excluding hydrogens is 570 g/mol. The molecule has 3 aromatic rings. The van der Waals surface area contributed by atoms with E-state index in [1.54, 1.807) is 26.0 Å². The molecule has 0 unspecified atom stereocenters. The van der Waals surface area contributed by atoms with Crippen molar-refractivity contribution in [2.75, 3.05) is 6.54 Å². The van der Waals surface area contributed by atoms with Gasteiger partial charge in [0.15, 0.2) is 0 Å². The van der Waals surface area contributed by atoms with E-state index in [1.165, 1.54) is 11.8 Å². The summed E-state index contributed by atoms with van der Waals surface area (Å²) in [5, 5.41) is 8.34. The van der Waals surface area contributed by atoms with Crippen LogP contribution >= 0.6 is 0 Å². The zero-order valence-corrected chi connectivity index (χ0v) is 25.9. The van der Waals surface area contributed by atoms with Crippen LogP contribution in [0.2, 0.25) is 0 Å². The van der Waals surface area contributed by atoms with Gasteiger partial charge in [-0.2, -0.15) is 0 Å². The summed E-state index contributed by atoms with van der Waals surface area (Å²) in [7, 11) is 0. The predicted octanol–water partition coefficient (Wildman–Crippen LogP) is 2.82. The number of benzene rings is 3. The van der Waals surface area contributed by atoms with E-state index >= 15 is 0 Å². The Morgan fingerprint density at radius 2 is 1.38 bits per heavy atom. The van der Waals surface area contributed by atoms with Crippen LogP contribution in [0.1, 0.15) is 49.5 Å². The second kappa shape index (κ2) is 15.1. The number of nitrogens with two attached hydrogens (primary N) is 1. The fourth-order valence-electron chi connectivity index (χ4n) is 5.47. The van der Waals surface area contributed by atoms with Crippen molar-refractivity contribution in [3.05, 3.63) is 96.1 Å². The lowest BCUT2D eigenvalue weighted by Gasteiger charge is -2.29. The minimum absolute atomic E-state index is 0.200. The van der Waals surface area contributed by atoms with Gasteiger partial charge in [0, 0.05) is 18.5 Å². The van der Waals surface area contributed by atoms with E-state index < -0.39 is 53.7 Å². The van der Waals surface area contributed by atoms with E-state index in [4.69, 9.17) is 5.73 Å². The van der Waals surface area contributed by atoms with Crippen LogP contribution in [-0.2, 0) is 25.6 Å². The van der Waals surface area contributed by atoms with E-state index in [1.807, 2.05) is 72.8 Å². The molecule has 4 atom stereocenters. The van der Waals surface area contributed by atoms with Gasteiger partial charge in [0.05, 0.1) is 0 Å². The van der Waals surface area contributed by atoms with Crippen LogP contribution in [0.15, 0.2) is 84.9 Å². The first-order valence-corrected chi connectivity index (χ1v) is 15.3. The number of carbonyl (C=O) groups excluding carboxylic acids is 5. The Bertz CT molecular complexity index is 1490. The zero-order chi connectivity index (χ0) is 32.5. The third-order valence-corrected chi connectivity index (χ3v) is 8.00. The van der Waals surface area contributed by atoms with Crippen molar-refractivity contribution in [3.63, 3.8) is 0 Å². The minimum atomic E-state index is -0.987. The molecule has 1 fully saturated rings. The maximum absolute atomic E-state index is 13.7. The Labute approximate surface area is 263 Å². The summed E-state index contributed by atoms with van der Waals surface area (Å²) in [5.41, 5.74) is 8.66. The number of primary amides is 1. The SMILES string of the molecule is CC(C)[C@H](NC(=O)[C@@H](Cc1ccccc1)NC(=O)c1ccc(-c2ccccc2)cc1)C(=O)N[C@H](C)C(=O)N1CCC[C@H]1C(N)=O. The van der Waals surface area contributed by atoms with Gasteiger partial charge in [-0.25, -0.2) is 0 Å². The van der Waals surface area contributed by atoms with Gasteiger partial charge in [-0.3, -0.25) is 24.0 Å². The highest BCUT2D eigenvalue weighted by Crippen LogP contribution is 2.20. The van der Waals surface area contributed by atoms with Crippen LogP contribution in [0.3, 0.4) is 0 Å². The first-order valence-electron chi connectivity index (χ1n) is 15.3. The standard InChI is InChI=1S/C35H41N5O5/c1-22(2)30(34(44)37-23(3)35(45)40-20-10-15-29(40)31(36)41)39-33(43)28(21-24-11-6-4-7-12-24)38-32(42)27-18-16-26(17-19-27)25-13-8-5-9-14-25/h4-9,11-14,16-19,22-23,28-30H,10,15,20-21H2,1-3H3,(H2,36,41)(H,37,44)(H,38,42)(H,39,43)/t23-,28-,29+,30+/m1/s1. The summed E-state index contributed by atoms with van der Waals surface area (Å²) in [4.78, 5) is 66.6. The van der Waals surface area contributed by atoms with Gasteiger partial charge in [0.25, 0.3) is 5.91 Å². The molecule has 0 saturated carbocycles. The van der Waals surface area contributed by atoms with Crippen LogP contribution in [0, 0.1) is 5.92 Å². The lowest BCUT2D eigenvalue weighted by Crippen LogP contribution is -2.59. The molecule has 1 aliphatic heterocycles. The molecule has 1 heterocycles. The Morgan fingerprint density at radius 1 is 0.778 bits per heavy atom. The Balaban J connectivity index is 1.46. The van der Waals surface area contributed by atoms with E-state index in [2.05, 4.69) is 16.0 Å². The molecule has 10 heteroatoms. The van der Waals surface area contributed by atoms with Gasteiger partial charge in [0.1, 0.15) is 24.2 Å². The number of rotatable bonds is 12. The van der Waals surface area contributed by atoms with Crippen molar-refractivity contribution in [3.8, 4) is 11.1 Å². The zero-order valence-electron chi connectivity index (χ0n) is 25.9. The first kappa shape index (κ1) is 32.9. The van der Waals surface area contributed by atoms with E-state index in [0.717, 1.165) is 16.7 Å². The highest BCUT2D eigenvalue weighted by molar-refractivity contribution is 5.99. The molecule has 5 N–H and O–H groups in total. The normalized spacial score (nSPS) is 16.4. The lowest BCUT2D eigenvalue weighted by molar-refractivity contribution is -0.140. The number of carbonyl (C=O) groups is 5. The van der Waals surface area contributed by atoms with Gasteiger partial charge in [-0.1, -0.05) is 86.6 Å². The molecule has 10 nitrogen and oxygen atoms in total. The lowest BCUT2D eigenvalue weighted by atomic mass is 10.00. The minimum Gasteiger partial charge on any atom is -0.368 e. The summed E-state index contributed by atoms with van der Waals surface area (Å²) in [6, 6.07) is 22.6. The summed E-state index contributed by atoms with van der Waals surface area (Å²) in [6.45, 7) is 5.48. The predicted molar refractivity (Wildman–Crippen MR) is 172 cm³/mol. The van der Waals surface area contributed by atoms with Crippen molar-refractivity contribution in [1.82, 2.24) is 20.9 Å². The maximum Gasteiger partial charge on any atom is 0.251 e. The summed E-state index contributed by atoms with van der Waals surface area (Å²) < 4.78 is 0. The Morgan fingerprint density at radius 3 is 1.98 bits per heavy atom. The Hall–Kier alpha value is -4.99. The monoisotopic (exact) mass is 611 g/mol. The molecule has 0 spiro atoms. The molecule has 5 amide bonds. The van der Waals surface area contributed by atoms with Crippen molar-refractivity contribution in [2.24, 2.45) is 11.7 Å². The third kappa shape index (κ3) is 8.56. The number of amides is 5. The maximum atomic E-state index is 13.7. The molecule has 236 valence electrons. The van der Waals surface area contributed by atoms with Crippen molar-refractivity contribution in [1.29, 1.82) is 0 Å². The number of hydrogen-bond acceptors (Lipinski definition) is 5. The topological polar surface area (TPSA) is 151 Å². The van der Waals surface area contributed by atoms with Gasteiger partial charge in [-0.15, -0.1) is 0 Å². The van der Waals surface area contributed by atoms with Crippen LogP contribution < -0.4 is 21.7 Å². The number of nitrogens with one attached hydrogen (secondary N) is 3. The molecule has 0 aliphatic carbocycles. The molecule has 4 rings (SSSR count). The quantitative estimate of drug-likeness (QED) is 0.248. The van der Waals surface area contributed by atoms with E-state index in [0.29, 0.717) is 24.9 Å². The number of hydrogen-bond donors (Lipinski definition) is 4. The van der Waals surface area contributed by atoms with Crippen LogP contribution in [-0.4, -0.2) is 65.1 Å². The van der Waals surface area contributed by atoms with Crippen LogP contribution in [0.4, 0.5) is 0 Å². The summed E-state index contributed by atoms with van der Waals surface area (Å²) in [5.74, 6) is -2.83. The van der Waals surface area contributed by atoms with E-state index in [-0.39, 0.29) is 12.3 Å². The molecule has 0 bridgehead atoms. The molecule has 45 heavy (non-hydrogen) atoms. The number of nitrogens with zero attached hydrogens (tertiary/aromatic N) is 1. The average molecular weight is 612 g/mol. The average Bonchev–Trinajstić information content (AvgIpc) is 3.54. The van der Waals surface area contributed by atoms with Gasteiger partial charge >= 0.3 is 0 Å². The molecule has 3 aromatic carbocycles. The highest BCUT2D eigenvalue weighted by Gasteiger charge is 2.36. The summed E-state index contributed by atoms with van der Waals surface area (Å²) >= 11 is 0. The van der Waals surface area contributed by atoms with Gasteiger partial charge < -0.3 is 26.6 Å². The molecule has 0 aromatic heterocycles. The van der Waals surface area contributed by atoms with Crippen molar-refractivity contribution >= 4 is 29.5 Å². The third-order valence-electron chi connectivity index (χ3n) is 8.00. The van der Waals surface area contributed by atoms with Crippen molar-refractivity contribution in [2.45, 2.75) is 64.2 Å². The smallest absolute Gasteiger partial charge is 0.251 e. The highest BCUT2D eigenvalue weighted by atomic mass is 16.2. The van der Waals surface area contributed by atoms with Crippen molar-refractivity contribution < 1.29 is 24.0 Å². The second-order valence-electron chi connectivity index (χ2n) is 11.7. The first-order chi connectivity index (χ1) is 21.5. The van der Waals surface area contributed by atoms with Gasteiger partial charge in [0.2, 0.25) is 23.6 Å². The fraction of sp³-hybridized carbons (Fsp3) is 0.343. The van der Waals surface area contributed by atoms with Crippen LogP contribution in [0.5, 0.6) is 0 Å². The van der Waals surface area contributed by atoms with Crippen LogP contribution in [0.25, 0.3) is 11.1 Å².